The maximum atomic E-state index is 13.4. The van der Waals surface area contributed by atoms with Gasteiger partial charge in [0.25, 0.3) is 0 Å². The van der Waals surface area contributed by atoms with Gasteiger partial charge in [-0.2, -0.15) is 4.98 Å². The Kier molecular flexibility index (Phi) is 6.32. The smallest absolute Gasteiger partial charge is 0.202 e. The molecule has 0 aliphatic heterocycles. The predicted molar refractivity (Wildman–Crippen MR) is 117 cm³/mol. The molecule has 1 saturated carbocycles. The van der Waals surface area contributed by atoms with E-state index in [1.54, 1.807) is 12.3 Å². The zero-order chi connectivity index (χ0) is 20.9. The molecule has 2 heterocycles. The van der Waals surface area contributed by atoms with E-state index in [2.05, 4.69) is 30.7 Å². The number of aromatic nitrogens is 3. The lowest BCUT2D eigenvalue weighted by Crippen LogP contribution is -2.14. The number of pyridine rings is 1. The van der Waals surface area contributed by atoms with E-state index in [9.17, 15) is 9.60 Å². The quantitative estimate of drug-likeness (QED) is 0.182. The number of nitrogens with one attached hydrogen (secondary N) is 3. The highest BCUT2D eigenvalue weighted by atomic mass is 35.5. The Morgan fingerprint density at radius 1 is 1.27 bits per heavy atom. The van der Waals surface area contributed by atoms with Crippen LogP contribution in [0.5, 0.6) is 0 Å². The summed E-state index contributed by atoms with van der Waals surface area (Å²) in [6, 6.07) is 5.88. The molecule has 7 nitrogen and oxygen atoms in total. The number of rotatable bonds is 6. The van der Waals surface area contributed by atoms with Crippen LogP contribution in [0.1, 0.15) is 44.1 Å². The van der Waals surface area contributed by atoms with Crippen LogP contribution < -0.4 is 10.6 Å². The molecular weight excluding hydrogens is 407 g/mol. The van der Waals surface area contributed by atoms with Crippen LogP contribution in [0.15, 0.2) is 35.6 Å². The minimum absolute atomic E-state index is 0.0249. The van der Waals surface area contributed by atoms with Crippen molar-refractivity contribution >= 4 is 40.2 Å². The first kappa shape index (κ1) is 20.4. The van der Waals surface area contributed by atoms with E-state index in [-0.39, 0.29) is 10.9 Å². The van der Waals surface area contributed by atoms with Gasteiger partial charge in [0.1, 0.15) is 5.82 Å². The van der Waals surface area contributed by atoms with Gasteiger partial charge in [-0.3, -0.25) is 0 Å². The Morgan fingerprint density at radius 2 is 2.10 bits per heavy atom. The lowest BCUT2D eigenvalue weighted by atomic mass is 9.87. The largest absolute Gasteiger partial charge is 0.409 e. The van der Waals surface area contributed by atoms with E-state index < -0.39 is 5.82 Å². The van der Waals surface area contributed by atoms with Crippen LogP contribution >= 0.6 is 11.6 Å². The van der Waals surface area contributed by atoms with Gasteiger partial charge in [-0.15, -0.1) is 0 Å². The fourth-order valence-corrected chi connectivity index (χ4v) is 4.10. The van der Waals surface area contributed by atoms with Crippen LogP contribution in [0, 0.1) is 11.7 Å². The highest BCUT2D eigenvalue weighted by Gasteiger charge is 2.16. The van der Waals surface area contributed by atoms with Gasteiger partial charge >= 0.3 is 0 Å². The van der Waals surface area contributed by atoms with Crippen molar-refractivity contribution in [1.29, 1.82) is 0 Å². The van der Waals surface area contributed by atoms with Crippen molar-refractivity contribution in [2.75, 3.05) is 17.2 Å². The number of amidine groups is 1. The lowest BCUT2D eigenvalue weighted by Gasteiger charge is -2.21. The third-order valence-electron chi connectivity index (χ3n) is 5.50. The highest BCUT2D eigenvalue weighted by Crippen LogP contribution is 2.26. The number of hydrogen-bond acceptors (Lipinski definition) is 5. The van der Waals surface area contributed by atoms with Crippen molar-refractivity contribution < 1.29 is 9.60 Å². The van der Waals surface area contributed by atoms with Gasteiger partial charge in [-0.25, -0.2) is 9.37 Å². The second kappa shape index (κ2) is 9.30. The Hall–Kier alpha value is -2.87. The van der Waals surface area contributed by atoms with E-state index in [0.717, 1.165) is 18.9 Å². The molecule has 1 fully saturated rings. The van der Waals surface area contributed by atoms with Crippen molar-refractivity contribution in [1.82, 2.24) is 15.0 Å². The van der Waals surface area contributed by atoms with Gasteiger partial charge < -0.3 is 20.8 Å². The van der Waals surface area contributed by atoms with Gasteiger partial charge in [0.15, 0.2) is 11.5 Å². The molecule has 30 heavy (non-hydrogen) atoms. The fraction of sp³-hybridized carbons (Fsp3) is 0.381. The Balaban J connectivity index is 1.49. The third kappa shape index (κ3) is 4.64. The van der Waals surface area contributed by atoms with Crippen LogP contribution in [0.25, 0.3) is 11.2 Å². The third-order valence-corrected chi connectivity index (χ3v) is 5.79. The van der Waals surface area contributed by atoms with Gasteiger partial charge in [0.2, 0.25) is 5.95 Å². The van der Waals surface area contributed by atoms with E-state index in [4.69, 9.17) is 11.6 Å². The molecule has 1 aromatic carbocycles. The van der Waals surface area contributed by atoms with Gasteiger partial charge in [-0.1, -0.05) is 48.9 Å². The lowest BCUT2D eigenvalue weighted by molar-refractivity contribution is 0.319. The summed E-state index contributed by atoms with van der Waals surface area (Å²) in [5.74, 6) is 1.06. The first-order valence-corrected chi connectivity index (χ1v) is 10.5. The summed E-state index contributed by atoms with van der Waals surface area (Å²) in [6.07, 6.45) is 9.35. The van der Waals surface area contributed by atoms with E-state index in [0.29, 0.717) is 28.4 Å². The summed E-state index contributed by atoms with van der Waals surface area (Å²) in [6.45, 7) is 0.840. The van der Waals surface area contributed by atoms with Crippen LogP contribution in [0.3, 0.4) is 0 Å². The topological polar surface area (TPSA) is 98.2 Å². The minimum atomic E-state index is -0.520. The molecular formula is C21H24ClFN6O. The number of anilines is 2. The second-order valence-corrected chi connectivity index (χ2v) is 7.97. The first-order valence-electron chi connectivity index (χ1n) is 10.2. The highest BCUT2D eigenvalue weighted by molar-refractivity contribution is 6.31. The number of halogens is 2. The standard InChI is InChI=1S/C21H24ClFN6O/c22-16-12-14(6-7-17(16)23)26-19(29-30)15-9-11-24-20-18(15)27-21(28-20)25-10-8-13-4-2-1-3-5-13/h6-7,9,11-13,30H,1-5,8,10H2,(H,26,29)(H2,24,25,27,28). The van der Waals surface area contributed by atoms with Crippen molar-refractivity contribution in [2.45, 2.75) is 38.5 Å². The summed E-state index contributed by atoms with van der Waals surface area (Å²) in [5, 5.41) is 19.2. The number of fused-ring (bicyclic) bond motifs is 1. The van der Waals surface area contributed by atoms with Crippen LogP contribution in [-0.4, -0.2) is 32.5 Å². The van der Waals surface area contributed by atoms with Crippen LogP contribution in [0.2, 0.25) is 5.02 Å². The van der Waals surface area contributed by atoms with Crippen molar-refractivity contribution in [3.8, 4) is 0 Å². The number of aromatic amines is 1. The molecule has 0 atom stereocenters. The van der Waals surface area contributed by atoms with Crippen LogP contribution in [0.4, 0.5) is 16.0 Å². The molecule has 0 radical (unpaired) electrons. The molecule has 1 aliphatic rings. The summed E-state index contributed by atoms with van der Waals surface area (Å²) < 4.78 is 13.4. The van der Waals surface area contributed by atoms with Crippen LogP contribution in [-0.2, 0) is 0 Å². The predicted octanol–water partition coefficient (Wildman–Crippen LogP) is 5.38. The average Bonchev–Trinajstić information content (AvgIpc) is 3.18. The molecule has 3 aromatic rings. The number of imidazole rings is 1. The molecule has 0 unspecified atom stereocenters. The molecule has 158 valence electrons. The minimum Gasteiger partial charge on any atom is -0.409 e. The molecule has 4 N–H and O–H groups in total. The molecule has 0 spiro atoms. The Labute approximate surface area is 178 Å². The first-order chi connectivity index (χ1) is 14.6. The summed E-state index contributed by atoms with van der Waals surface area (Å²) >= 11 is 5.84. The van der Waals surface area contributed by atoms with Crippen molar-refractivity contribution in [3.63, 3.8) is 0 Å². The fourth-order valence-electron chi connectivity index (χ4n) is 3.92. The molecule has 9 heteroatoms. The molecule has 0 bridgehead atoms. The van der Waals surface area contributed by atoms with Gasteiger partial charge in [-0.05, 0) is 36.6 Å². The van der Waals surface area contributed by atoms with E-state index in [1.807, 2.05) is 0 Å². The summed E-state index contributed by atoms with van der Waals surface area (Å²) in [5.41, 5.74) is 2.21. The van der Waals surface area contributed by atoms with E-state index >= 15 is 0 Å². The molecule has 2 aromatic heterocycles. The zero-order valence-electron chi connectivity index (χ0n) is 16.5. The number of oxime groups is 1. The maximum Gasteiger partial charge on any atom is 0.202 e. The average molecular weight is 431 g/mol. The monoisotopic (exact) mass is 430 g/mol. The number of benzene rings is 1. The number of nitrogens with zero attached hydrogens (tertiary/aromatic N) is 3. The Bertz CT molecular complexity index is 1050. The zero-order valence-corrected chi connectivity index (χ0v) is 17.2. The summed E-state index contributed by atoms with van der Waals surface area (Å²) in [7, 11) is 0. The van der Waals surface area contributed by atoms with Gasteiger partial charge in [0, 0.05) is 24.0 Å². The summed E-state index contributed by atoms with van der Waals surface area (Å²) in [4.78, 5) is 12.0. The maximum absolute atomic E-state index is 13.4. The molecule has 4 rings (SSSR count). The van der Waals surface area contributed by atoms with Crippen molar-refractivity contribution in [2.24, 2.45) is 11.1 Å². The van der Waals surface area contributed by atoms with Gasteiger partial charge in [0.05, 0.1) is 10.5 Å². The normalized spacial score (nSPS) is 15.5. The molecule has 1 aliphatic carbocycles. The SMILES string of the molecule is O/N=C(\Nc1ccc(F)c(Cl)c1)c1ccnc2nc(NCCC3CCCCC3)[nH]c12. The molecule has 0 saturated heterocycles. The molecule has 0 amide bonds. The second-order valence-electron chi connectivity index (χ2n) is 7.56. The number of hydrogen-bond donors (Lipinski definition) is 4. The Morgan fingerprint density at radius 3 is 2.87 bits per heavy atom. The van der Waals surface area contributed by atoms with E-state index in [1.165, 1.54) is 50.3 Å². The van der Waals surface area contributed by atoms with Crippen molar-refractivity contribution in [3.05, 3.63) is 46.9 Å². The number of H-pyrrole nitrogens is 1.